The molecule has 0 radical (unpaired) electrons. The molecule has 2 aliphatic heterocycles. The van der Waals surface area contributed by atoms with Gasteiger partial charge in [-0.3, -0.25) is 4.79 Å². The highest BCUT2D eigenvalue weighted by atomic mass is 16.6. The normalized spacial score (nSPS) is 27.0. The molecule has 20 heavy (non-hydrogen) atoms. The highest BCUT2D eigenvalue weighted by molar-refractivity contribution is 5.74. The molecule has 0 aromatic heterocycles. The number of nitrogens with zero attached hydrogens (tertiary/aromatic N) is 2. The molecule has 5 heteroatoms. The van der Waals surface area contributed by atoms with Gasteiger partial charge in [-0.15, -0.1) is 0 Å². The van der Waals surface area contributed by atoms with Gasteiger partial charge in [0.25, 0.3) is 0 Å². The van der Waals surface area contributed by atoms with Crippen molar-refractivity contribution in [2.45, 2.75) is 71.1 Å². The molecule has 0 saturated carbocycles. The lowest BCUT2D eigenvalue weighted by Crippen LogP contribution is -2.61. The third-order valence-corrected chi connectivity index (χ3v) is 4.08. The van der Waals surface area contributed by atoms with Gasteiger partial charge in [-0.05, 0) is 46.5 Å². The van der Waals surface area contributed by atoms with E-state index in [2.05, 4.69) is 0 Å². The minimum atomic E-state index is -0.473. The van der Waals surface area contributed by atoms with Crippen LogP contribution in [-0.4, -0.2) is 52.6 Å². The van der Waals surface area contributed by atoms with Crippen molar-refractivity contribution in [1.82, 2.24) is 9.80 Å². The summed E-state index contributed by atoms with van der Waals surface area (Å²) in [6.45, 7) is 8.83. The van der Waals surface area contributed by atoms with E-state index in [1.165, 1.54) is 0 Å². The first-order valence-electron chi connectivity index (χ1n) is 7.56. The smallest absolute Gasteiger partial charge is 0.410 e. The van der Waals surface area contributed by atoms with E-state index in [1.807, 2.05) is 30.6 Å². The number of piperidine rings is 2. The summed E-state index contributed by atoms with van der Waals surface area (Å²) in [5, 5.41) is 0. The van der Waals surface area contributed by atoms with Crippen molar-refractivity contribution in [3.05, 3.63) is 0 Å². The molecule has 2 saturated heterocycles. The first-order valence-corrected chi connectivity index (χ1v) is 7.56. The maximum absolute atomic E-state index is 12.3. The average Bonchev–Trinajstić information content (AvgIpc) is 2.35. The number of carbonyl (C=O) groups excluding carboxylic acids is 2. The number of hydrogen-bond donors (Lipinski definition) is 0. The summed E-state index contributed by atoms with van der Waals surface area (Å²) in [4.78, 5) is 27.9. The summed E-state index contributed by atoms with van der Waals surface area (Å²) in [6, 6.07) is 0.291. The van der Waals surface area contributed by atoms with Gasteiger partial charge in [0.15, 0.2) is 0 Å². The van der Waals surface area contributed by atoms with Crippen molar-refractivity contribution >= 4 is 12.0 Å². The van der Waals surface area contributed by atoms with E-state index in [0.29, 0.717) is 0 Å². The molecule has 0 aliphatic carbocycles. The van der Waals surface area contributed by atoms with Crippen molar-refractivity contribution in [3.63, 3.8) is 0 Å². The monoisotopic (exact) mass is 282 g/mol. The van der Waals surface area contributed by atoms with Crippen molar-refractivity contribution in [1.29, 1.82) is 0 Å². The summed E-state index contributed by atoms with van der Waals surface area (Å²) in [6.07, 6.45) is 3.61. The highest BCUT2D eigenvalue weighted by Crippen LogP contribution is 2.31. The van der Waals surface area contributed by atoms with Crippen molar-refractivity contribution in [2.24, 2.45) is 0 Å². The van der Waals surface area contributed by atoms with Gasteiger partial charge < -0.3 is 14.5 Å². The van der Waals surface area contributed by atoms with E-state index in [4.69, 9.17) is 4.74 Å². The first-order chi connectivity index (χ1) is 9.29. The molecule has 0 bridgehead atoms. The second-order valence-electron chi connectivity index (χ2n) is 6.81. The van der Waals surface area contributed by atoms with Crippen LogP contribution in [0.2, 0.25) is 0 Å². The summed E-state index contributed by atoms with van der Waals surface area (Å²) in [7, 11) is 0. The third kappa shape index (κ3) is 3.25. The second-order valence-corrected chi connectivity index (χ2v) is 6.81. The van der Waals surface area contributed by atoms with E-state index < -0.39 is 5.60 Å². The number of hydrogen-bond acceptors (Lipinski definition) is 3. The van der Waals surface area contributed by atoms with Gasteiger partial charge in [0.2, 0.25) is 5.91 Å². The molecule has 2 atom stereocenters. The van der Waals surface area contributed by atoms with Gasteiger partial charge in [-0.25, -0.2) is 4.79 Å². The van der Waals surface area contributed by atoms with Gasteiger partial charge in [0.05, 0.1) is 12.1 Å². The summed E-state index contributed by atoms with van der Waals surface area (Å²) >= 11 is 0. The molecule has 5 nitrogen and oxygen atoms in total. The fourth-order valence-electron chi connectivity index (χ4n) is 3.32. The first kappa shape index (κ1) is 15.1. The predicted octanol–water partition coefficient (Wildman–Crippen LogP) is 2.40. The van der Waals surface area contributed by atoms with Crippen LogP contribution in [0.3, 0.4) is 0 Å². The Morgan fingerprint density at radius 1 is 1.00 bits per heavy atom. The minimum absolute atomic E-state index is 0.116. The molecule has 2 rings (SSSR count). The molecule has 2 heterocycles. The Balaban J connectivity index is 2.11. The van der Waals surface area contributed by atoms with Crippen LogP contribution in [0.25, 0.3) is 0 Å². The fourth-order valence-corrected chi connectivity index (χ4v) is 3.32. The van der Waals surface area contributed by atoms with Gasteiger partial charge in [-0.2, -0.15) is 0 Å². The molecular formula is C15H26N2O3. The maximum atomic E-state index is 12.3. The summed E-state index contributed by atoms with van der Waals surface area (Å²) < 4.78 is 5.51. The van der Waals surface area contributed by atoms with Crippen molar-refractivity contribution < 1.29 is 14.3 Å². The number of ether oxygens (including phenoxy) is 1. The number of rotatable bonds is 0. The van der Waals surface area contributed by atoms with E-state index >= 15 is 0 Å². The Hall–Kier alpha value is -1.26. The number of likely N-dealkylation sites (tertiary alicyclic amines) is 2. The zero-order chi connectivity index (χ0) is 14.9. The molecule has 0 spiro atoms. The van der Waals surface area contributed by atoms with Gasteiger partial charge in [-0.1, -0.05) is 0 Å². The largest absolute Gasteiger partial charge is 0.444 e. The molecule has 2 amide bonds. The van der Waals surface area contributed by atoms with E-state index in [-0.39, 0.29) is 24.1 Å². The molecule has 0 N–H and O–H groups in total. The zero-order valence-electron chi connectivity index (χ0n) is 13.0. The lowest BCUT2D eigenvalue weighted by molar-refractivity contribution is -0.136. The van der Waals surface area contributed by atoms with Gasteiger partial charge in [0.1, 0.15) is 5.60 Å². The van der Waals surface area contributed by atoms with Crippen LogP contribution in [0.15, 0.2) is 0 Å². The Labute approximate surface area is 121 Å². The average molecular weight is 282 g/mol. The highest BCUT2D eigenvalue weighted by Gasteiger charge is 2.41. The molecule has 2 fully saturated rings. The van der Waals surface area contributed by atoms with Crippen LogP contribution in [0.5, 0.6) is 0 Å². The Bertz CT molecular complexity index is 389. The van der Waals surface area contributed by atoms with Gasteiger partial charge in [0, 0.05) is 20.0 Å². The molecule has 2 aliphatic rings. The SMILES string of the molecule is CC(=O)N1CCCC2C1CCCN2C(=O)OC(C)(C)C. The minimum Gasteiger partial charge on any atom is -0.444 e. The zero-order valence-corrected chi connectivity index (χ0v) is 13.0. The summed E-state index contributed by atoms with van der Waals surface area (Å²) in [5.41, 5.74) is -0.473. The van der Waals surface area contributed by atoms with Crippen LogP contribution >= 0.6 is 0 Å². The summed E-state index contributed by atoms with van der Waals surface area (Å²) in [5.74, 6) is 0.116. The molecule has 0 aromatic carbocycles. The molecule has 114 valence electrons. The van der Waals surface area contributed by atoms with Crippen LogP contribution in [0.1, 0.15) is 53.4 Å². The Morgan fingerprint density at radius 2 is 1.50 bits per heavy atom. The fraction of sp³-hybridized carbons (Fsp3) is 0.867. The third-order valence-electron chi connectivity index (χ3n) is 4.08. The van der Waals surface area contributed by atoms with Crippen molar-refractivity contribution in [3.8, 4) is 0 Å². The Kier molecular flexibility index (Phi) is 4.25. The lowest BCUT2D eigenvalue weighted by Gasteiger charge is -2.48. The molecular weight excluding hydrogens is 256 g/mol. The van der Waals surface area contributed by atoms with E-state index in [0.717, 1.165) is 38.8 Å². The maximum Gasteiger partial charge on any atom is 0.410 e. The van der Waals surface area contributed by atoms with Crippen LogP contribution in [0.4, 0.5) is 4.79 Å². The topological polar surface area (TPSA) is 49.9 Å². The number of fused-ring (bicyclic) bond motifs is 1. The van der Waals surface area contributed by atoms with E-state index in [9.17, 15) is 9.59 Å². The van der Waals surface area contributed by atoms with Gasteiger partial charge >= 0.3 is 6.09 Å². The van der Waals surface area contributed by atoms with Crippen molar-refractivity contribution in [2.75, 3.05) is 13.1 Å². The van der Waals surface area contributed by atoms with Crippen LogP contribution in [0, 0.1) is 0 Å². The quantitative estimate of drug-likeness (QED) is 0.685. The number of carbonyl (C=O) groups is 2. The van der Waals surface area contributed by atoms with Crippen LogP contribution in [-0.2, 0) is 9.53 Å². The molecule has 2 unspecified atom stereocenters. The standard InChI is InChI=1S/C15H26N2O3/c1-11(18)16-9-5-8-13-12(16)7-6-10-17(13)14(19)20-15(2,3)4/h12-13H,5-10H2,1-4H3. The second kappa shape index (κ2) is 5.62. The van der Waals surface area contributed by atoms with Crippen LogP contribution < -0.4 is 0 Å². The number of amides is 2. The molecule has 0 aromatic rings. The lowest BCUT2D eigenvalue weighted by atomic mass is 9.88. The Morgan fingerprint density at radius 3 is 2.00 bits per heavy atom. The van der Waals surface area contributed by atoms with E-state index in [1.54, 1.807) is 6.92 Å². The predicted molar refractivity (Wildman–Crippen MR) is 76.4 cm³/mol.